The smallest absolute Gasteiger partial charge is 0.325 e. The van der Waals surface area contributed by atoms with Gasteiger partial charge in [-0.15, -0.1) is 24.0 Å². The lowest BCUT2D eigenvalue weighted by Crippen LogP contribution is -2.42. The van der Waals surface area contributed by atoms with E-state index < -0.39 is 5.60 Å². The SMILES string of the molecule is CN=C(NCCc1cccc(C(=O)NC)c1)NCC(=O)OC(C)(C)C.I. The zero-order chi connectivity index (χ0) is 18.9. The third kappa shape index (κ3) is 9.59. The first-order chi connectivity index (χ1) is 11.7. The number of hydrogen-bond acceptors (Lipinski definition) is 4. The summed E-state index contributed by atoms with van der Waals surface area (Å²) < 4.78 is 5.23. The van der Waals surface area contributed by atoms with Crippen LogP contribution in [-0.2, 0) is 16.0 Å². The molecule has 7 nitrogen and oxygen atoms in total. The summed E-state index contributed by atoms with van der Waals surface area (Å²) in [4.78, 5) is 27.4. The van der Waals surface area contributed by atoms with Gasteiger partial charge in [0.25, 0.3) is 5.91 Å². The molecule has 0 saturated heterocycles. The van der Waals surface area contributed by atoms with Gasteiger partial charge in [-0.3, -0.25) is 14.6 Å². The summed E-state index contributed by atoms with van der Waals surface area (Å²) in [5.74, 6) is 0.0756. The predicted molar refractivity (Wildman–Crippen MR) is 114 cm³/mol. The fourth-order valence-electron chi connectivity index (χ4n) is 2.09. The molecule has 1 aromatic rings. The summed E-state index contributed by atoms with van der Waals surface area (Å²) >= 11 is 0. The van der Waals surface area contributed by atoms with Crippen molar-refractivity contribution in [1.29, 1.82) is 0 Å². The Hall–Kier alpha value is -1.84. The highest BCUT2D eigenvalue weighted by Gasteiger charge is 2.16. The van der Waals surface area contributed by atoms with Crippen LogP contribution in [0.4, 0.5) is 0 Å². The zero-order valence-electron chi connectivity index (χ0n) is 16.0. The van der Waals surface area contributed by atoms with Crippen LogP contribution in [-0.4, -0.2) is 50.6 Å². The first-order valence-corrected chi connectivity index (χ1v) is 8.22. The third-order valence-corrected chi connectivity index (χ3v) is 3.17. The van der Waals surface area contributed by atoms with Crippen LogP contribution in [0, 0.1) is 0 Å². The van der Waals surface area contributed by atoms with Crippen LogP contribution in [0.5, 0.6) is 0 Å². The normalized spacial score (nSPS) is 11.2. The number of nitrogens with one attached hydrogen (secondary N) is 3. The van der Waals surface area contributed by atoms with Crippen LogP contribution in [0.2, 0.25) is 0 Å². The second kappa shape index (κ2) is 11.7. The first-order valence-electron chi connectivity index (χ1n) is 8.22. The molecule has 1 amide bonds. The topological polar surface area (TPSA) is 91.8 Å². The Bertz CT molecular complexity index is 627. The third-order valence-electron chi connectivity index (χ3n) is 3.17. The second-order valence-corrected chi connectivity index (χ2v) is 6.47. The van der Waals surface area contributed by atoms with E-state index in [4.69, 9.17) is 4.74 Å². The monoisotopic (exact) mass is 476 g/mol. The molecule has 0 atom stereocenters. The number of carbonyl (C=O) groups excluding carboxylic acids is 2. The van der Waals surface area contributed by atoms with Crippen molar-refractivity contribution in [1.82, 2.24) is 16.0 Å². The highest BCUT2D eigenvalue weighted by molar-refractivity contribution is 14.0. The van der Waals surface area contributed by atoms with Gasteiger partial charge in [0.2, 0.25) is 0 Å². The van der Waals surface area contributed by atoms with Gasteiger partial charge >= 0.3 is 5.97 Å². The molecule has 0 aliphatic heterocycles. The zero-order valence-corrected chi connectivity index (χ0v) is 18.3. The second-order valence-electron chi connectivity index (χ2n) is 6.47. The Balaban J connectivity index is 0.00000625. The number of benzene rings is 1. The highest BCUT2D eigenvalue weighted by Crippen LogP contribution is 2.06. The number of hydrogen-bond donors (Lipinski definition) is 3. The molecule has 146 valence electrons. The number of rotatable bonds is 6. The number of guanidine groups is 1. The van der Waals surface area contributed by atoms with Gasteiger partial charge in [-0.1, -0.05) is 12.1 Å². The van der Waals surface area contributed by atoms with Crippen molar-refractivity contribution < 1.29 is 14.3 Å². The van der Waals surface area contributed by atoms with E-state index in [0.717, 1.165) is 12.0 Å². The van der Waals surface area contributed by atoms with E-state index in [1.807, 2.05) is 39.0 Å². The maximum atomic E-state index is 11.7. The molecular formula is C18H29IN4O3. The van der Waals surface area contributed by atoms with E-state index in [1.165, 1.54) is 0 Å². The summed E-state index contributed by atoms with van der Waals surface area (Å²) in [7, 11) is 3.24. The number of amides is 1. The minimum Gasteiger partial charge on any atom is -0.459 e. The van der Waals surface area contributed by atoms with Crippen molar-refractivity contribution in [2.45, 2.75) is 32.8 Å². The van der Waals surface area contributed by atoms with E-state index in [-0.39, 0.29) is 42.4 Å². The van der Waals surface area contributed by atoms with Crippen LogP contribution < -0.4 is 16.0 Å². The molecule has 0 spiro atoms. The van der Waals surface area contributed by atoms with Gasteiger partial charge in [0, 0.05) is 26.2 Å². The van der Waals surface area contributed by atoms with E-state index in [1.54, 1.807) is 20.2 Å². The Morgan fingerprint density at radius 2 is 1.88 bits per heavy atom. The number of aliphatic imine (C=N–C) groups is 1. The van der Waals surface area contributed by atoms with Crippen molar-refractivity contribution in [3.05, 3.63) is 35.4 Å². The van der Waals surface area contributed by atoms with Crippen molar-refractivity contribution >= 4 is 41.8 Å². The molecule has 0 aromatic heterocycles. The van der Waals surface area contributed by atoms with E-state index in [2.05, 4.69) is 20.9 Å². The van der Waals surface area contributed by atoms with E-state index in [0.29, 0.717) is 18.1 Å². The standard InChI is InChI=1S/C18H28N4O3.HI/c1-18(2,3)25-15(23)12-22-17(20-5)21-10-9-13-7-6-8-14(11-13)16(24)19-4;/h6-8,11H,9-10,12H2,1-5H3,(H,19,24)(H2,20,21,22);1H. The van der Waals surface area contributed by atoms with Crippen LogP contribution in [0.15, 0.2) is 29.3 Å². The Kier molecular flexibility index (Phi) is 10.9. The highest BCUT2D eigenvalue weighted by atomic mass is 127. The molecular weight excluding hydrogens is 447 g/mol. The Morgan fingerprint density at radius 1 is 1.19 bits per heavy atom. The van der Waals surface area contributed by atoms with Gasteiger partial charge in [0.1, 0.15) is 12.1 Å². The molecule has 26 heavy (non-hydrogen) atoms. The summed E-state index contributed by atoms with van der Waals surface area (Å²) in [6, 6.07) is 7.45. The minimum atomic E-state index is -0.508. The molecule has 0 heterocycles. The lowest BCUT2D eigenvalue weighted by Gasteiger charge is -2.20. The Morgan fingerprint density at radius 3 is 2.46 bits per heavy atom. The fourth-order valence-corrected chi connectivity index (χ4v) is 2.09. The van der Waals surface area contributed by atoms with E-state index in [9.17, 15) is 9.59 Å². The number of ether oxygens (including phenoxy) is 1. The molecule has 0 fully saturated rings. The lowest BCUT2D eigenvalue weighted by molar-refractivity contribution is -0.153. The van der Waals surface area contributed by atoms with Crippen molar-refractivity contribution in [2.24, 2.45) is 4.99 Å². The van der Waals surface area contributed by atoms with Crippen LogP contribution >= 0.6 is 24.0 Å². The molecule has 1 rings (SSSR count). The molecule has 0 radical (unpaired) electrons. The summed E-state index contributed by atoms with van der Waals surface area (Å²) in [6.45, 7) is 6.13. The Labute approximate surface area is 172 Å². The van der Waals surface area contributed by atoms with Crippen molar-refractivity contribution in [2.75, 3.05) is 27.2 Å². The lowest BCUT2D eigenvalue weighted by atomic mass is 10.1. The van der Waals surface area contributed by atoms with Crippen LogP contribution in [0.25, 0.3) is 0 Å². The number of esters is 1. The van der Waals surface area contributed by atoms with Gasteiger partial charge in [-0.2, -0.15) is 0 Å². The largest absolute Gasteiger partial charge is 0.459 e. The average molecular weight is 476 g/mol. The maximum absolute atomic E-state index is 11.7. The predicted octanol–water partition coefficient (Wildman–Crippen LogP) is 1.71. The molecule has 8 heteroatoms. The van der Waals surface area contributed by atoms with Gasteiger partial charge in [0.15, 0.2) is 5.96 Å². The number of nitrogens with zero attached hydrogens (tertiary/aromatic N) is 1. The van der Waals surface area contributed by atoms with Crippen LogP contribution in [0.3, 0.4) is 0 Å². The quantitative estimate of drug-likeness (QED) is 0.252. The summed E-state index contributed by atoms with van der Waals surface area (Å²) in [6.07, 6.45) is 0.720. The number of carbonyl (C=O) groups is 2. The van der Waals surface area contributed by atoms with Crippen molar-refractivity contribution in [3.63, 3.8) is 0 Å². The van der Waals surface area contributed by atoms with Gasteiger partial charge in [0.05, 0.1) is 0 Å². The minimum absolute atomic E-state index is 0. The number of halogens is 1. The molecule has 0 aliphatic carbocycles. The molecule has 3 N–H and O–H groups in total. The summed E-state index contributed by atoms with van der Waals surface area (Å²) in [5.41, 5.74) is 1.16. The average Bonchev–Trinajstić information content (AvgIpc) is 2.55. The maximum Gasteiger partial charge on any atom is 0.325 e. The molecule has 0 bridgehead atoms. The molecule has 0 aliphatic rings. The van der Waals surface area contributed by atoms with Gasteiger partial charge < -0.3 is 20.7 Å². The first kappa shape index (κ1) is 24.2. The van der Waals surface area contributed by atoms with Crippen LogP contribution in [0.1, 0.15) is 36.7 Å². The molecule has 0 unspecified atom stereocenters. The summed E-state index contributed by atoms with van der Waals surface area (Å²) in [5, 5.41) is 8.65. The van der Waals surface area contributed by atoms with Crippen molar-refractivity contribution in [3.8, 4) is 0 Å². The molecule has 0 saturated carbocycles. The molecule has 1 aromatic carbocycles. The fraction of sp³-hybridized carbons (Fsp3) is 0.500. The van der Waals surface area contributed by atoms with Gasteiger partial charge in [-0.05, 0) is 44.9 Å². The van der Waals surface area contributed by atoms with Gasteiger partial charge in [-0.25, -0.2) is 0 Å². The van der Waals surface area contributed by atoms with E-state index >= 15 is 0 Å².